The van der Waals surface area contributed by atoms with Crippen LogP contribution in [0.1, 0.15) is 45.7 Å². The Labute approximate surface area is 126 Å². The zero-order valence-electron chi connectivity index (χ0n) is 13.2. The lowest BCUT2D eigenvalue weighted by Gasteiger charge is -2.43. The van der Waals surface area contributed by atoms with Crippen molar-refractivity contribution in [2.75, 3.05) is 6.54 Å². The molecule has 2 rings (SSSR count). The Morgan fingerprint density at radius 1 is 1.24 bits per heavy atom. The van der Waals surface area contributed by atoms with E-state index in [0.29, 0.717) is 12.5 Å². The first-order valence-corrected chi connectivity index (χ1v) is 7.55. The van der Waals surface area contributed by atoms with Gasteiger partial charge in [-0.05, 0) is 25.3 Å². The maximum atomic E-state index is 12.7. The number of benzene rings is 1. The van der Waals surface area contributed by atoms with E-state index in [9.17, 15) is 9.59 Å². The molecule has 2 amide bonds. The largest absolute Gasteiger partial charge is 0.340 e. The fourth-order valence-electron chi connectivity index (χ4n) is 2.67. The van der Waals surface area contributed by atoms with Crippen LogP contribution in [0.4, 0.5) is 0 Å². The summed E-state index contributed by atoms with van der Waals surface area (Å²) in [7, 11) is 0. The van der Waals surface area contributed by atoms with E-state index in [1.165, 1.54) is 0 Å². The number of rotatable bonds is 4. The monoisotopic (exact) mass is 288 g/mol. The Morgan fingerprint density at radius 3 is 2.43 bits per heavy atom. The number of nitrogens with one attached hydrogen (secondary N) is 1. The summed E-state index contributed by atoms with van der Waals surface area (Å²) in [6, 6.07) is 8.98. The normalized spacial score (nSPS) is 22.9. The molecule has 1 N–H and O–H groups in total. The van der Waals surface area contributed by atoms with Gasteiger partial charge in [0.05, 0.1) is 0 Å². The predicted octanol–water partition coefficient (Wildman–Crippen LogP) is 2.51. The van der Waals surface area contributed by atoms with Crippen LogP contribution in [0.3, 0.4) is 0 Å². The molecule has 0 saturated carbocycles. The number of piperazine rings is 1. The molecule has 1 fully saturated rings. The third-order valence-electron chi connectivity index (χ3n) is 4.11. The summed E-state index contributed by atoms with van der Waals surface area (Å²) in [6.45, 7) is 8.33. The van der Waals surface area contributed by atoms with Crippen LogP contribution in [0, 0.1) is 5.92 Å². The molecule has 21 heavy (non-hydrogen) atoms. The predicted molar refractivity (Wildman–Crippen MR) is 82.6 cm³/mol. The van der Waals surface area contributed by atoms with Gasteiger partial charge in [-0.15, -0.1) is 0 Å². The highest BCUT2D eigenvalue weighted by molar-refractivity contribution is 5.99. The molecule has 0 aromatic heterocycles. The van der Waals surface area contributed by atoms with E-state index in [1.54, 1.807) is 18.7 Å². The van der Waals surface area contributed by atoms with Crippen molar-refractivity contribution in [3.05, 3.63) is 35.9 Å². The van der Waals surface area contributed by atoms with Crippen LogP contribution in [0.2, 0.25) is 0 Å². The minimum Gasteiger partial charge on any atom is -0.340 e. The average Bonchev–Trinajstić information content (AvgIpc) is 2.45. The zero-order chi connectivity index (χ0) is 15.6. The van der Waals surface area contributed by atoms with Crippen LogP contribution in [-0.4, -0.2) is 28.8 Å². The second-order valence-corrected chi connectivity index (χ2v) is 6.40. The molecule has 1 aliphatic rings. The van der Waals surface area contributed by atoms with E-state index >= 15 is 0 Å². The third-order valence-corrected chi connectivity index (χ3v) is 4.11. The number of carbonyl (C=O) groups excluding carboxylic acids is 2. The van der Waals surface area contributed by atoms with Gasteiger partial charge in [0.2, 0.25) is 11.8 Å². The molecule has 0 radical (unpaired) electrons. The fourth-order valence-corrected chi connectivity index (χ4v) is 2.67. The van der Waals surface area contributed by atoms with Crippen molar-refractivity contribution in [3.8, 4) is 0 Å². The minimum atomic E-state index is -0.837. The van der Waals surface area contributed by atoms with E-state index < -0.39 is 11.6 Å². The average molecular weight is 288 g/mol. The van der Waals surface area contributed by atoms with Crippen LogP contribution in [-0.2, 0) is 9.59 Å². The molecule has 0 aliphatic carbocycles. The van der Waals surface area contributed by atoms with Gasteiger partial charge in [0.15, 0.2) is 0 Å². The summed E-state index contributed by atoms with van der Waals surface area (Å²) in [6.07, 6.45) is 0.980. The Bertz CT molecular complexity index is 525. The van der Waals surface area contributed by atoms with Gasteiger partial charge in [-0.1, -0.05) is 50.6 Å². The topological polar surface area (TPSA) is 49.4 Å². The molecule has 4 nitrogen and oxygen atoms in total. The van der Waals surface area contributed by atoms with Gasteiger partial charge < -0.3 is 10.2 Å². The van der Waals surface area contributed by atoms with Gasteiger partial charge >= 0.3 is 0 Å². The van der Waals surface area contributed by atoms with Gasteiger partial charge in [0, 0.05) is 6.54 Å². The molecule has 2 atom stereocenters. The maximum Gasteiger partial charge on any atom is 0.248 e. The van der Waals surface area contributed by atoms with Crippen LogP contribution < -0.4 is 5.32 Å². The molecule has 1 heterocycles. The lowest BCUT2D eigenvalue weighted by atomic mass is 9.92. The molecule has 1 aromatic rings. The van der Waals surface area contributed by atoms with E-state index in [2.05, 4.69) is 19.2 Å². The third kappa shape index (κ3) is 3.09. The molecule has 114 valence electrons. The Morgan fingerprint density at radius 2 is 1.86 bits per heavy atom. The molecular formula is C17H24N2O2. The van der Waals surface area contributed by atoms with E-state index in [4.69, 9.17) is 0 Å². The first kappa shape index (κ1) is 15.5. The summed E-state index contributed by atoms with van der Waals surface area (Å²) >= 11 is 0. The van der Waals surface area contributed by atoms with Crippen LogP contribution in [0.25, 0.3) is 0 Å². The second kappa shape index (κ2) is 5.88. The number of nitrogens with zero attached hydrogens (tertiary/aromatic N) is 1. The standard InChI is InChI=1S/C17H24N2O2/c1-5-12(2)11-19-14(13-9-7-6-8-10-13)15(20)18-17(3,4)16(19)21/h6-10,12,14H,5,11H2,1-4H3,(H,18,20). The lowest BCUT2D eigenvalue weighted by Crippen LogP contribution is -2.65. The van der Waals surface area contributed by atoms with Crippen molar-refractivity contribution < 1.29 is 9.59 Å². The molecule has 4 heteroatoms. The van der Waals surface area contributed by atoms with Crippen molar-refractivity contribution in [3.63, 3.8) is 0 Å². The summed E-state index contributed by atoms with van der Waals surface area (Å²) < 4.78 is 0. The highest BCUT2D eigenvalue weighted by Gasteiger charge is 2.45. The Balaban J connectivity index is 2.39. The van der Waals surface area contributed by atoms with Gasteiger partial charge in [0.25, 0.3) is 0 Å². The number of hydrogen-bond donors (Lipinski definition) is 1. The second-order valence-electron chi connectivity index (χ2n) is 6.40. The van der Waals surface area contributed by atoms with E-state index in [1.807, 2.05) is 30.3 Å². The lowest BCUT2D eigenvalue weighted by molar-refractivity contribution is -0.154. The molecule has 0 bridgehead atoms. The molecule has 1 aliphatic heterocycles. The van der Waals surface area contributed by atoms with Crippen LogP contribution >= 0.6 is 0 Å². The van der Waals surface area contributed by atoms with Crippen molar-refractivity contribution in [2.24, 2.45) is 5.92 Å². The van der Waals surface area contributed by atoms with Crippen molar-refractivity contribution in [2.45, 2.75) is 45.7 Å². The Hall–Kier alpha value is -1.84. The highest BCUT2D eigenvalue weighted by atomic mass is 16.2. The Kier molecular flexibility index (Phi) is 4.35. The number of hydrogen-bond acceptors (Lipinski definition) is 2. The van der Waals surface area contributed by atoms with E-state index in [0.717, 1.165) is 12.0 Å². The first-order valence-electron chi connectivity index (χ1n) is 7.55. The van der Waals surface area contributed by atoms with Crippen molar-refractivity contribution >= 4 is 11.8 Å². The van der Waals surface area contributed by atoms with Gasteiger partial charge in [-0.3, -0.25) is 9.59 Å². The highest BCUT2D eigenvalue weighted by Crippen LogP contribution is 2.30. The number of carbonyl (C=O) groups is 2. The summed E-state index contributed by atoms with van der Waals surface area (Å²) in [5, 5.41) is 2.85. The minimum absolute atomic E-state index is 0.0174. The van der Waals surface area contributed by atoms with Crippen LogP contribution in [0.5, 0.6) is 0 Å². The SMILES string of the molecule is CCC(C)CN1C(=O)C(C)(C)NC(=O)C1c1ccccc1. The summed E-state index contributed by atoms with van der Waals surface area (Å²) in [4.78, 5) is 27.0. The smallest absolute Gasteiger partial charge is 0.248 e. The molecular weight excluding hydrogens is 264 g/mol. The van der Waals surface area contributed by atoms with Crippen LogP contribution in [0.15, 0.2) is 30.3 Å². The van der Waals surface area contributed by atoms with Crippen molar-refractivity contribution in [1.82, 2.24) is 10.2 Å². The van der Waals surface area contributed by atoms with Crippen molar-refractivity contribution in [1.29, 1.82) is 0 Å². The maximum absolute atomic E-state index is 12.7. The van der Waals surface area contributed by atoms with Gasteiger partial charge in [0.1, 0.15) is 11.6 Å². The summed E-state index contributed by atoms with van der Waals surface area (Å²) in [5.74, 6) is 0.243. The number of amides is 2. The van der Waals surface area contributed by atoms with Gasteiger partial charge in [-0.2, -0.15) is 0 Å². The molecule has 2 unspecified atom stereocenters. The quantitative estimate of drug-likeness (QED) is 0.925. The fraction of sp³-hybridized carbons (Fsp3) is 0.529. The molecule has 1 aromatic carbocycles. The molecule has 0 spiro atoms. The zero-order valence-corrected chi connectivity index (χ0v) is 13.2. The van der Waals surface area contributed by atoms with E-state index in [-0.39, 0.29) is 11.8 Å². The van der Waals surface area contributed by atoms with Gasteiger partial charge in [-0.25, -0.2) is 0 Å². The summed E-state index contributed by atoms with van der Waals surface area (Å²) in [5.41, 5.74) is 0.0256. The first-order chi connectivity index (χ1) is 9.86. The molecule has 1 saturated heterocycles.